The van der Waals surface area contributed by atoms with E-state index in [-0.39, 0.29) is 0 Å². The molecule has 32 heavy (non-hydrogen) atoms. The van der Waals surface area contributed by atoms with Crippen molar-refractivity contribution in [3.8, 4) is 5.75 Å². The Bertz CT molecular complexity index is 1230. The Morgan fingerprint density at radius 2 is 1.56 bits per heavy atom. The van der Waals surface area contributed by atoms with Gasteiger partial charge in [0.2, 0.25) is 17.4 Å². The highest BCUT2D eigenvalue weighted by Gasteiger charge is 2.74. The number of benzene rings is 1. The number of rotatable bonds is 4. The highest BCUT2D eigenvalue weighted by atomic mass is 32.2. The molecule has 0 radical (unpaired) electrons. The van der Waals surface area contributed by atoms with Crippen molar-refractivity contribution in [3.63, 3.8) is 0 Å². The van der Waals surface area contributed by atoms with Gasteiger partial charge in [0.1, 0.15) is 44.5 Å². The molecule has 11 nitrogen and oxygen atoms in total. The molecule has 0 spiro atoms. The monoisotopic (exact) mass is 505 g/mol. The first-order valence-corrected chi connectivity index (χ1v) is 11.3. The summed E-state index contributed by atoms with van der Waals surface area (Å²) in [5, 5.41) is -1.75. The molecule has 1 aromatic rings. The first-order valence-electron chi connectivity index (χ1n) is 8.45. The predicted molar refractivity (Wildman–Crippen MR) is 85.2 cm³/mol. The van der Waals surface area contributed by atoms with E-state index in [2.05, 4.69) is 4.74 Å². The van der Waals surface area contributed by atoms with Crippen LogP contribution in [0.4, 0.5) is 17.6 Å². The van der Waals surface area contributed by atoms with Crippen LogP contribution < -0.4 is 4.74 Å². The van der Waals surface area contributed by atoms with E-state index in [0.29, 0.717) is 0 Å². The van der Waals surface area contributed by atoms with Crippen molar-refractivity contribution in [1.29, 1.82) is 0 Å². The van der Waals surface area contributed by atoms with Crippen LogP contribution in [0.1, 0.15) is 6.92 Å². The molecule has 0 amide bonds. The summed E-state index contributed by atoms with van der Waals surface area (Å²) in [6, 6.07) is 0. The maximum absolute atomic E-state index is 14.2. The molecule has 2 bridgehead atoms. The number of carbonyl (C=O) groups excluding carboxylic acids is 2. The number of hydrogen-bond acceptors (Lipinski definition) is 11. The summed E-state index contributed by atoms with van der Waals surface area (Å²) in [5.41, 5.74) is 0. The number of esters is 2. The van der Waals surface area contributed by atoms with Gasteiger partial charge in [0.05, 0.1) is 0 Å². The lowest BCUT2D eigenvalue weighted by molar-refractivity contribution is -0.157. The predicted octanol–water partition coefficient (Wildman–Crippen LogP) is -0.521. The lowest BCUT2D eigenvalue weighted by Crippen LogP contribution is -2.50. The third kappa shape index (κ3) is 3.18. The van der Waals surface area contributed by atoms with Gasteiger partial charge in [-0.1, -0.05) is 0 Å². The van der Waals surface area contributed by atoms with Crippen LogP contribution in [0.3, 0.4) is 0 Å². The van der Waals surface area contributed by atoms with Gasteiger partial charge in [0, 0.05) is 6.92 Å². The molecule has 3 aliphatic heterocycles. The minimum absolute atomic E-state index is 0.904. The van der Waals surface area contributed by atoms with E-state index in [1.165, 1.54) is 0 Å². The van der Waals surface area contributed by atoms with Crippen LogP contribution in [0.15, 0.2) is 4.90 Å². The van der Waals surface area contributed by atoms with E-state index >= 15 is 0 Å². The average molecular weight is 505 g/mol. The molecule has 6 unspecified atom stereocenters. The quantitative estimate of drug-likeness (QED) is 0.129. The van der Waals surface area contributed by atoms with E-state index in [0.717, 1.165) is 6.92 Å². The smallest absolute Gasteiger partial charge is 0.318 e. The van der Waals surface area contributed by atoms with Gasteiger partial charge < -0.3 is 18.8 Å². The zero-order valence-corrected chi connectivity index (χ0v) is 16.9. The number of carbonyl (C=O) groups is 2. The van der Waals surface area contributed by atoms with E-state index in [9.17, 15) is 48.5 Å². The van der Waals surface area contributed by atoms with Crippen molar-refractivity contribution in [2.24, 2.45) is 5.92 Å². The van der Waals surface area contributed by atoms with Gasteiger partial charge in [0.15, 0.2) is 17.7 Å². The molecule has 4 rings (SSSR count). The molecule has 0 aliphatic carbocycles. The molecule has 3 saturated heterocycles. The first kappa shape index (κ1) is 22.8. The van der Waals surface area contributed by atoms with Gasteiger partial charge in [-0.2, -0.15) is 17.2 Å². The van der Waals surface area contributed by atoms with Gasteiger partial charge in [-0.05, 0) is 0 Å². The van der Waals surface area contributed by atoms with Crippen LogP contribution in [-0.4, -0.2) is 63.0 Å². The Morgan fingerprint density at radius 3 is 2.06 bits per heavy atom. The molecule has 3 aliphatic rings. The molecule has 1 aromatic carbocycles. The number of hydrogen-bond donors (Lipinski definition) is 0. The van der Waals surface area contributed by atoms with Gasteiger partial charge in [0.25, 0.3) is 10.1 Å². The Morgan fingerprint density at radius 1 is 1.00 bits per heavy atom. The number of fused-ring (bicyclic) bond motifs is 1. The molecule has 3 fully saturated rings. The second-order valence-electron chi connectivity index (χ2n) is 6.97. The van der Waals surface area contributed by atoms with Crippen molar-refractivity contribution >= 4 is 32.2 Å². The van der Waals surface area contributed by atoms with Crippen LogP contribution in [0, 0.1) is 29.2 Å². The highest BCUT2D eigenvalue weighted by molar-refractivity contribution is 7.87. The molecule has 0 saturated carbocycles. The van der Waals surface area contributed by atoms with Crippen molar-refractivity contribution in [1.82, 2.24) is 0 Å². The lowest BCUT2D eigenvalue weighted by atomic mass is 9.85. The van der Waals surface area contributed by atoms with Crippen LogP contribution in [-0.2, 0) is 43.5 Å². The van der Waals surface area contributed by atoms with Crippen LogP contribution >= 0.6 is 0 Å². The van der Waals surface area contributed by atoms with E-state index in [1.807, 2.05) is 0 Å². The SMILES string of the molecule is CC(=O)OC1C2OS(=O)(=O)C3C2OC1C3C(=O)Oc1c(F)c(F)c(S(=O)(=O)[O-])c(F)c1F. The lowest BCUT2D eigenvalue weighted by Gasteiger charge is -2.26. The minimum Gasteiger partial charge on any atom is -0.744 e. The standard InChI is InChI=1S/C15H10F4O11S2/c1-2(20)27-10-8-3(13-12(28-8)11(10)30-32(13,25)26)15(21)29-9-4(16)6(18)14(31(22,23)24)7(19)5(9)17/h3,8,10-13H,1H3,(H,22,23,24)/p-1. The van der Waals surface area contributed by atoms with Crippen molar-refractivity contribution < 1.29 is 66.9 Å². The van der Waals surface area contributed by atoms with Crippen LogP contribution in [0.5, 0.6) is 5.75 Å². The summed E-state index contributed by atoms with van der Waals surface area (Å²) in [7, 11) is -10.5. The summed E-state index contributed by atoms with van der Waals surface area (Å²) in [6.07, 6.45) is -5.55. The van der Waals surface area contributed by atoms with Gasteiger partial charge in [-0.25, -0.2) is 17.2 Å². The largest absolute Gasteiger partial charge is 0.744 e. The Kier molecular flexibility index (Phi) is 5.05. The minimum atomic E-state index is -6.00. The maximum atomic E-state index is 14.2. The third-order valence-electron chi connectivity index (χ3n) is 5.11. The molecule has 17 heteroatoms. The van der Waals surface area contributed by atoms with E-state index in [4.69, 9.17) is 13.7 Å². The van der Waals surface area contributed by atoms with Gasteiger partial charge in [-0.3, -0.25) is 13.8 Å². The fourth-order valence-electron chi connectivity index (χ4n) is 3.99. The second kappa shape index (κ2) is 7.08. The van der Waals surface area contributed by atoms with Crippen LogP contribution in [0.2, 0.25) is 0 Å². The first-order chi connectivity index (χ1) is 14.7. The Balaban J connectivity index is 1.73. The zero-order valence-electron chi connectivity index (χ0n) is 15.3. The molecular formula is C15H9F4O11S2-. The maximum Gasteiger partial charge on any atom is 0.318 e. The molecule has 0 aromatic heterocycles. The van der Waals surface area contributed by atoms with Gasteiger partial charge in [-0.15, -0.1) is 0 Å². The molecule has 176 valence electrons. The zero-order chi connectivity index (χ0) is 23.9. The third-order valence-corrected chi connectivity index (χ3v) is 7.68. The fraction of sp³-hybridized carbons (Fsp3) is 0.467. The average Bonchev–Trinajstić information content (AvgIpc) is 3.24. The van der Waals surface area contributed by atoms with Crippen molar-refractivity contribution in [3.05, 3.63) is 23.3 Å². The summed E-state index contributed by atoms with van der Waals surface area (Å²) >= 11 is 0. The molecule has 3 heterocycles. The molecule has 6 atom stereocenters. The topological polar surface area (TPSA) is 162 Å². The molecule has 0 N–H and O–H groups in total. The van der Waals surface area contributed by atoms with E-state index in [1.54, 1.807) is 0 Å². The second-order valence-corrected chi connectivity index (χ2v) is 10.0. The summed E-state index contributed by atoms with van der Waals surface area (Å²) in [4.78, 5) is 21.4. The normalized spacial score (nSPS) is 32.2. The molecular weight excluding hydrogens is 496 g/mol. The Labute approximate surface area is 176 Å². The van der Waals surface area contributed by atoms with Crippen molar-refractivity contribution in [2.45, 2.75) is 41.5 Å². The summed E-state index contributed by atoms with van der Waals surface area (Å²) in [5.74, 6) is -17.0. The highest BCUT2D eigenvalue weighted by Crippen LogP contribution is 2.51. The Hall–Kier alpha value is -2.34. The van der Waals surface area contributed by atoms with E-state index < -0.39 is 102 Å². The summed E-state index contributed by atoms with van der Waals surface area (Å²) in [6.45, 7) is 0.960. The summed E-state index contributed by atoms with van der Waals surface area (Å²) < 4.78 is 133. The fourth-order valence-corrected chi connectivity index (χ4v) is 6.44. The number of ether oxygens (including phenoxy) is 3. The van der Waals surface area contributed by atoms with Crippen LogP contribution in [0.25, 0.3) is 0 Å². The van der Waals surface area contributed by atoms with Crippen molar-refractivity contribution in [2.75, 3.05) is 0 Å². The van der Waals surface area contributed by atoms with Gasteiger partial charge >= 0.3 is 11.9 Å². The number of halogens is 4.